The first-order chi connectivity index (χ1) is 30.1. The van der Waals surface area contributed by atoms with Gasteiger partial charge in [0.2, 0.25) is 0 Å². The van der Waals surface area contributed by atoms with Gasteiger partial charge in [-0.2, -0.15) is 10.5 Å². The van der Waals surface area contributed by atoms with Crippen molar-refractivity contribution in [2.45, 2.75) is 24.9 Å². The largest absolute Gasteiger partial charge is 1.00 e. The molecule has 2 atom stereocenters. The van der Waals surface area contributed by atoms with Gasteiger partial charge in [-0.15, -0.1) is 0 Å². The second kappa shape index (κ2) is 18.1. The predicted molar refractivity (Wildman–Crippen MR) is 221 cm³/mol. The standard InChI is InChI=1S/C46H39F4N9O4.HI/c1-59(2,15-3-13-55-25-37-39(43(55)60)41(29-9-5-27(23-51)6-10-29)53-45(62)57(37)35-19-31(47)17-32(48)20-35)16-4-14-56-26-38-40(44(56)61)42(30-11-7-28(24-52)8-12-30)54-46(63)58(38)36-21-33(49)18-34(50)22-36;/h5-12,17-22,41-42H,3-4,13-16,25-26H2,1-2H3,(H-,53,54,62,63);1H/t41-,42-;/m1./s1. The highest BCUT2D eigenvalue weighted by Gasteiger charge is 2.46. The maximum Gasteiger partial charge on any atom is 0.327 e. The van der Waals surface area contributed by atoms with Crippen LogP contribution in [0.5, 0.6) is 0 Å². The van der Waals surface area contributed by atoms with Crippen molar-refractivity contribution < 1.29 is 65.2 Å². The first-order valence-corrected chi connectivity index (χ1v) is 20.1. The fourth-order valence-electron chi connectivity index (χ4n) is 8.73. The van der Waals surface area contributed by atoms with Crippen LogP contribution in [0.15, 0.2) is 107 Å². The van der Waals surface area contributed by atoms with Gasteiger partial charge >= 0.3 is 12.1 Å². The molecule has 6 amide bonds. The molecular formula is C46H40F4IN9O4. The average molecular weight is 986 g/mol. The smallest absolute Gasteiger partial charge is 0.327 e. The Morgan fingerprint density at radius 1 is 0.594 bits per heavy atom. The predicted octanol–water partition coefficient (Wildman–Crippen LogP) is 3.28. The second-order valence-electron chi connectivity index (χ2n) is 16.4. The molecule has 4 aliphatic heterocycles. The van der Waals surface area contributed by atoms with E-state index in [0.717, 1.165) is 34.1 Å². The summed E-state index contributed by atoms with van der Waals surface area (Å²) in [6, 6.07) is 19.4. The highest BCUT2D eigenvalue weighted by atomic mass is 127. The number of carbonyl (C=O) groups excluding carboxylic acids is 4. The summed E-state index contributed by atoms with van der Waals surface area (Å²) in [7, 11) is 4.02. The number of nitriles is 2. The summed E-state index contributed by atoms with van der Waals surface area (Å²) in [5.74, 6) is -4.25. The van der Waals surface area contributed by atoms with Crippen molar-refractivity contribution in [3.05, 3.63) is 153 Å². The highest BCUT2D eigenvalue weighted by molar-refractivity contribution is 6.08. The minimum atomic E-state index is -0.887. The quantitative estimate of drug-likeness (QED) is 0.126. The van der Waals surface area contributed by atoms with Gasteiger partial charge < -0.3 is 48.9 Å². The second-order valence-corrected chi connectivity index (χ2v) is 16.4. The van der Waals surface area contributed by atoms with Crippen LogP contribution in [0.4, 0.5) is 38.5 Å². The van der Waals surface area contributed by atoms with E-state index in [0.29, 0.717) is 89.3 Å². The van der Waals surface area contributed by atoms with Gasteiger partial charge in [0.1, 0.15) is 23.3 Å². The van der Waals surface area contributed by atoms with Gasteiger partial charge in [-0.25, -0.2) is 27.2 Å². The van der Waals surface area contributed by atoms with E-state index < -0.39 is 47.4 Å². The van der Waals surface area contributed by atoms with E-state index in [4.69, 9.17) is 0 Å². The molecule has 0 spiro atoms. The van der Waals surface area contributed by atoms with Crippen LogP contribution < -0.4 is 44.4 Å². The zero-order valence-electron chi connectivity index (χ0n) is 34.5. The van der Waals surface area contributed by atoms with E-state index in [-0.39, 0.29) is 71.4 Å². The van der Waals surface area contributed by atoms with Crippen LogP contribution >= 0.6 is 0 Å². The van der Waals surface area contributed by atoms with Crippen molar-refractivity contribution in [2.24, 2.45) is 0 Å². The summed E-state index contributed by atoms with van der Waals surface area (Å²) in [4.78, 5) is 61.0. The molecule has 0 aromatic heterocycles. The van der Waals surface area contributed by atoms with Crippen molar-refractivity contribution in [1.29, 1.82) is 10.5 Å². The Bertz CT molecular complexity index is 2490. The number of halogens is 5. The minimum absolute atomic E-state index is 0. The topological polar surface area (TPSA) is 153 Å². The zero-order valence-corrected chi connectivity index (χ0v) is 36.7. The molecule has 4 aliphatic rings. The van der Waals surface area contributed by atoms with Gasteiger partial charge in [-0.05, 0) is 59.7 Å². The van der Waals surface area contributed by atoms with Crippen LogP contribution in [0.25, 0.3) is 0 Å². The summed E-state index contributed by atoms with van der Waals surface area (Å²) >= 11 is 0. The molecule has 0 aliphatic carbocycles. The SMILES string of the molecule is C[N+](C)(CCCN1CC2=C(C1=O)[C@@H](c1ccc(C#N)cc1)NC(=O)N2c1cc(F)cc(F)c1)CCCN1CC2=C(C1=O)[C@@H](c1ccc(C#N)cc1)NC(=O)N2c1cc(F)cc(F)c1.[I-]. The Labute approximate surface area is 383 Å². The monoisotopic (exact) mass is 985 g/mol. The molecule has 13 nitrogen and oxygen atoms in total. The fourth-order valence-corrected chi connectivity index (χ4v) is 8.73. The van der Waals surface area contributed by atoms with Gasteiger partial charge in [0.25, 0.3) is 11.8 Å². The first-order valence-electron chi connectivity index (χ1n) is 20.1. The van der Waals surface area contributed by atoms with Crippen molar-refractivity contribution >= 4 is 35.3 Å². The molecule has 4 aromatic carbocycles. The Morgan fingerprint density at radius 2 is 0.938 bits per heavy atom. The van der Waals surface area contributed by atoms with E-state index in [1.54, 1.807) is 58.3 Å². The van der Waals surface area contributed by atoms with Crippen molar-refractivity contribution in [3.63, 3.8) is 0 Å². The third-order valence-corrected chi connectivity index (χ3v) is 11.7. The number of quaternary nitrogens is 1. The van der Waals surface area contributed by atoms with Crippen molar-refractivity contribution in [2.75, 3.05) is 63.2 Å². The average Bonchev–Trinajstić information content (AvgIpc) is 3.74. The molecule has 64 heavy (non-hydrogen) atoms. The molecule has 4 aromatic rings. The Hall–Kier alpha value is -6.77. The Balaban J connectivity index is 0.00000612. The number of benzene rings is 4. The van der Waals surface area contributed by atoms with E-state index in [9.17, 15) is 47.3 Å². The Kier molecular flexibility index (Phi) is 12.8. The summed E-state index contributed by atoms with van der Waals surface area (Å²) in [5.41, 5.74) is 2.85. The molecule has 18 heteroatoms. The highest BCUT2D eigenvalue weighted by Crippen LogP contribution is 2.41. The zero-order chi connectivity index (χ0) is 44.7. The molecule has 0 saturated carbocycles. The first kappa shape index (κ1) is 45.3. The van der Waals surface area contributed by atoms with E-state index in [1.807, 2.05) is 26.2 Å². The molecular weight excluding hydrogens is 945 g/mol. The van der Waals surface area contributed by atoms with Crippen LogP contribution in [-0.4, -0.2) is 91.5 Å². The number of amides is 6. The van der Waals surface area contributed by atoms with Crippen LogP contribution in [0, 0.1) is 45.9 Å². The lowest BCUT2D eigenvalue weighted by Crippen LogP contribution is -3.00. The number of carbonyl (C=O) groups is 4. The van der Waals surface area contributed by atoms with Crippen LogP contribution in [0.3, 0.4) is 0 Å². The van der Waals surface area contributed by atoms with Gasteiger partial charge in [0.15, 0.2) is 0 Å². The number of rotatable bonds is 12. The van der Waals surface area contributed by atoms with Gasteiger partial charge in [0.05, 0.1) is 110 Å². The molecule has 0 saturated heterocycles. The lowest BCUT2D eigenvalue weighted by molar-refractivity contribution is -0.890. The summed E-state index contributed by atoms with van der Waals surface area (Å²) in [6.07, 6.45) is 1.07. The molecule has 0 radical (unpaired) electrons. The van der Waals surface area contributed by atoms with Crippen LogP contribution in [0.1, 0.15) is 47.2 Å². The maximum atomic E-state index is 14.4. The lowest BCUT2D eigenvalue weighted by atomic mass is 9.94. The van der Waals surface area contributed by atoms with Crippen LogP contribution in [0.2, 0.25) is 0 Å². The Morgan fingerprint density at radius 3 is 1.27 bits per heavy atom. The van der Waals surface area contributed by atoms with E-state index in [2.05, 4.69) is 10.6 Å². The van der Waals surface area contributed by atoms with Gasteiger partial charge in [-0.3, -0.25) is 19.4 Å². The van der Waals surface area contributed by atoms with Gasteiger partial charge in [0, 0.05) is 38.1 Å². The van der Waals surface area contributed by atoms with E-state index in [1.165, 1.54) is 0 Å². The molecule has 2 N–H and O–H groups in total. The number of anilines is 2. The number of urea groups is 2. The molecule has 8 rings (SSSR count). The molecule has 0 bridgehead atoms. The van der Waals surface area contributed by atoms with Crippen molar-refractivity contribution in [1.82, 2.24) is 20.4 Å². The number of hydrogen-bond acceptors (Lipinski definition) is 6. The maximum absolute atomic E-state index is 14.4. The molecule has 4 heterocycles. The summed E-state index contributed by atoms with van der Waals surface area (Å²) in [5, 5.41) is 24.2. The van der Waals surface area contributed by atoms with Crippen molar-refractivity contribution in [3.8, 4) is 12.1 Å². The number of nitrogens with zero attached hydrogens (tertiary/aromatic N) is 7. The summed E-state index contributed by atoms with van der Waals surface area (Å²) in [6.45, 7) is 1.81. The number of hydrogen-bond donors (Lipinski definition) is 2. The normalized spacial score (nSPS) is 18.4. The lowest BCUT2D eigenvalue weighted by Gasteiger charge is -2.33. The van der Waals surface area contributed by atoms with E-state index >= 15 is 0 Å². The third kappa shape index (κ3) is 8.88. The number of nitrogens with one attached hydrogen (secondary N) is 2. The molecule has 328 valence electrons. The minimum Gasteiger partial charge on any atom is -1.00 e. The van der Waals surface area contributed by atoms with Crippen LogP contribution in [-0.2, 0) is 9.59 Å². The third-order valence-electron chi connectivity index (χ3n) is 11.7. The fraction of sp³-hybridized carbons (Fsp3) is 0.261. The molecule has 0 fully saturated rings. The van der Waals surface area contributed by atoms with Gasteiger partial charge in [-0.1, -0.05) is 24.3 Å². The summed E-state index contributed by atoms with van der Waals surface area (Å²) < 4.78 is 58.1. The molecule has 0 unspecified atom stereocenters.